The summed E-state index contributed by atoms with van der Waals surface area (Å²) in [5, 5.41) is 9.41. The van der Waals surface area contributed by atoms with Crippen molar-refractivity contribution in [3.8, 4) is 11.4 Å². The molecule has 1 aromatic heterocycles. The molecule has 0 aliphatic heterocycles. The van der Waals surface area contributed by atoms with E-state index in [1.807, 2.05) is 60.7 Å². The van der Waals surface area contributed by atoms with Crippen LogP contribution in [0.4, 0.5) is 23.0 Å². The van der Waals surface area contributed by atoms with Gasteiger partial charge in [-0.05, 0) is 24.6 Å². The molecule has 0 radical (unpaired) electrons. The van der Waals surface area contributed by atoms with Crippen LogP contribution in [0.5, 0.6) is 0 Å². The fourth-order valence-electron chi connectivity index (χ4n) is 2.78. The molecule has 3 rings (SSSR count). The first-order valence-electron chi connectivity index (χ1n) is 9.46. The number of anilines is 4. The first-order valence-corrected chi connectivity index (χ1v) is 9.46. The van der Waals surface area contributed by atoms with Gasteiger partial charge >= 0.3 is 0 Å². The maximum Gasteiger partial charge on any atom is 0.221 e. The Balaban J connectivity index is 1.85. The van der Waals surface area contributed by atoms with Crippen molar-refractivity contribution in [3.05, 3.63) is 60.7 Å². The number of carbonyl (C=O) groups excluding carboxylic acids is 1. The van der Waals surface area contributed by atoms with Gasteiger partial charge in [-0.15, -0.1) is 0 Å². The van der Waals surface area contributed by atoms with Gasteiger partial charge in [-0.3, -0.25) is 4.79 Å². The van der Waals surface area contributed by atoms with Crippen molar-refractivity contribution in [3.63, 3.8) is 0 Å². The Bertz CT molecular complexity index is 947. The molecule has 7 nitrogen and oxygen atoms in total. The lowest BCUT2D eigenvalue weighted by molar-refractivity contribution is -0.114. The van der Waals surface area contributed by atoms with Gasteiger partial charge in [0.25, 0.3) is 0 Å². The van der Waals surface area contributed by atoms with E-state index in [4.69, 9.17) is 4.74 Å². The van der Waals surface area contributed by atoms with Gasteiger partial charge in [-0.2, -0.15) is 0 Å². The van der Waals surface area contributed by atoms with Gasteiger partial charge in [0.15, 0.2) is 5.82 Å². The lowest BCUT2D eigenvalue weighted by atomic mass is 10.2. The average Bonchev–Trinajstić information content (AvgIpc) is 2.71. The van der Waals surface area contributed by atoms with Crippen molar-refractivity contribution in [2.24, 2.45) is 0 Å². The van der Waals surface area contributed by atoms with Crippen molar-refractivity contribution < 1.29 is 9.53 Å². The number of hydrogen-bond donors (Lipinski definition) is 3. The quantitative estimate of drug-likeness (QED) is 0.472. The molecule has 0 bridgehead atoms. The van der Waals surface area contributed by atoms with E-state index in [0.29, 0.717) is 18.2 Å². The molecule has 0 spiro atoms. The normalized spacial score (nSPS) is 10.4. The van der Waals surface area contributed by atoms with Gasteiger partial charge in [0.1, 0.15) is 11.6 Å². The molecule has 0 saturated carbocycles. The third-order valence-corrected chi connectivity index (χ3v) is 4.04. The van der Waals surface area contributed by atoms with Crippen LogP contribution in [0, 0.1) is 0 Å². The zero-order chi connectivity index (χ0) is 20.5. The predicted molar refractivity (Wildman–Crippen MR) is 116 cm³/mol. The minimum atomic E-state index is -0.113. The van der Waals surface area contributed by atoms with E-state index in [0.717, 1.165) is 35.7 Å². The lowest BCUT2D eigenvalue weighted by Gasteiger charge is -2.12. The Morgan fingerprint density at radius 1 is 0.966 bits per heavy atom. The van der Waals surface area contributed by atoms with Crippen molar-refractivity contribution in [1.29, 1.82) is 0 Å². The van der Waals surface area contributed by atoms with Crippen molar-refractivity contribution in [2.75, 3.05) is 36.2 Å². The van der Waals surface area contributed by atoms with Gasteiger partial charge < -0.3 is 20.7 Å². The highest BCUT2D eigenvalue weighted by Gasteiger charge is 2.08. The van der Waals surface area contributed by atoms with Crippen molar-refractivity contribution in [1.82, 2.24) is 9.97 Å². The molecule has 1 amide bonds. The second-order valence-corrected chi connectivity index (χ2v) is 6.49. The van der Waals surface area contributed by atoms with E-state index in [2.05, 4.69) is 25.9 Å². The number of benzene rings is 2. The van der Waals surface area contributed by atoms with E-state index in [1.54, 1.807) is 7.11 Å². The van der Waals surface area contributed by atoms with Gasteiger partial charge in [0, 0.05) is 50.2 Å². The number of aromatic nitrogens is 2. The average molecular weight is 391 g/mol. The van der Waals surface area contributed by atoms with Crippen LogP contribution >= 0.6 is 0 Å². The summed E-state index contributed by atoms with van der Waals surface area (Å²) < 4.78 is 5.10. The molecule has 3 aromatic rings. The van der Waals surface area contributed by atoms with Crippen LogP contribution in [0.25, 0.3) is 11.4 Å². The number of nitrogens with zero attached hydrogens (tertiary/aromatic N) is 2. The molecule has 7 heteroatoms. The summed E-state index contributed by atoms with van der Waals surface area (Å²) in [7, 11) is 1.69. The molecule has 150 valence electrons. The van der Waals surface area contributed by atoms with E-state index < -0.39 is 0 Å². The molecule has 2 aromatic carbocycles. The minimum absolute atomic E-state index is 0.113. The zero-order valence-corrected chi connectivity index (χ0v) is 16.6. The lowest BCUT2D eigenvalue weighted by Crippen LogP contribution is -2.08. The Kier molecular flexibility index (Phi) is 7.13. The topological polar surface area (TPSA) is 88.2 Å². The number of nitrogens with one attached hydrogen (secondary N) is 3. The summed E-state index contributed by atoms with van der Waals surface area (Å²) in [6.07, 6.45) is 0.878. The minimum Gasteiger partial charge on any atom is -0.385 e. The second kappa shape index (κ2) is 10.2. The fraction of sp³-hybridized carbons (Fsp3) is 0.227. The molecule has 0 aliphatic carbocycles. The Hall–Kier alpha value is -3.45. The molecular formula is C22H25N5O2. The smallest absolute Gasteiger partial charge is 0.221 e. The van der Waals surface area contributed by atoms with Crippen molar-refractivity contribution >= 4 is 28.9 Å². The summed E-state index contributed by atoms with van der Waals surface area (Å²) >= 11 is 0. The molecule has 0 saturated heterocycles. The molecule has 0 atom stereocenters. The number of rotatable bonds is 9. The molecular weight excluding hydrogens is 366 g/mol. The fourth-order valence-corrected chi connectivity index (χ4v) is 2.78. The zero-order valence-electron chi connectivity index (χ0n) is 16.6. The van der Waals surface area contributed by atoms with Gasteiger partial charge in [0.05, 0.1) is 0 Å². The van der Waals surface area contributed by atoms with Crippen LogP contribution in [0.1, 0.15) is 13.3 Å². The summed E-state index contributed by atoms with van der Waals surface area (Å²) in [5.74, 6) is 1.91. The summed E-state index contributed by atoms with van der Waals surface area (Å²) in [6.45, 7) is 2.92. The largest absolute Gasteiger partial charge is 0.385 e. The highest BCUT2D eigenvalue weighted by Crippen LogP contribution is 2.24. The number of ether oxygens (including phenoxy) is 1. The molecule has 3 N–H and O–H groups in total. The monoisotopic (exact) mass is 391 g/mol. The molecule has 0 unspecified atom stereocenters. The SMILES string of the molecule is COCCCNc1cc(Nc2cccc(NC(C)=O)c2)nc(-c2ccccc2)n1. The number of amides is 1. The number of carbonyl (C=O) groups is 1. The van der Waals surface area contributed by atoms with Crippen molar-refractivity contribution in [2.45, 2.75) is 13.3 Å². The standard InChI is InChI=1S/C22H25N5O2/c1-16(28)24-18-10-6-11-19(14-18)25-21-15-20(23-12-7-13-29-2)26-22(27-21)17-8-4-3-5-9-17/h3-6,8-11,14-15H,7,12-13H2,1-2H3,(H,24,28)(H2,23,25,26,27). The van der Waals surface area contributed by atoms with E-state index in [9.17, 15) is 4.79 Å². The summed E-state index contributed by atoms with van der Waals surface area (Å²) in [6, 6.07) is 19.2. The van der Waals surface area contributed by atoms with E-state index in [-0.39, 0.29) is 5.91 Å². The maximum atomic E-state index is 11.3. The highest BCUT2D eigenvalue weighted by atomic mass is 16.5. The number of hydrogen-bond acceptors (Lipinski definition) is 6. The molecule has 29 heavy (non-hydrogen) atoms. The molecule has 0 fully saturated rings. The van der Waals surface area contributed by atoms with Gasteiger partial charge in [-0.25, -0.2) is 9.97 Å². The maximum absolute atomic E-state index is 11.3. The number of methoxy groups -OCH3 is 1. The second-order valence-electron chi connectivity index (χ2n) is 6.49. The molecule has 0 aliphatic rings. The highest BCUT2D eigenvalue weighted by molar-refractivity contribution is 5.89. The third kappa shape index (κ3) is 6.29. The van der Waals surface area contributed by atoms with Crippen LogP contribution in [0.3, 0.4) is 0 Å². The van der Waals surface area contributed by atoms with Crippen LogP contribution in [0.2, 0.25) is 0 Å². The Morgan fingerprint density at radius 2 is 1.72 bits per heavy atom. The van der Waals surface area contributed by atoms with E-state index >= 15 is 0 Å². The Labute approximate surface area is 170 Å². The van der Waals surface area contributed by atoms with Gasteiger partial charge in [0.2, 0.25) is 5.91 Å². The third-order valence-electron chi connectivity index (χ3n) is 4.04. The summed E-state index contributed by atoms with van der Waals surface area (Å²) in [4.78, 5) is 20.6. The van der Waals surface area contributed by atoms with Gasteiger partial charge in [-0.1, -0.05) is 36.4 Å². The molecule has 1 heterocycles. The van der Waals surface area contributed by atoms with Crippen LogP contribution in [-0.4, -0.2) is 36.1 Å². The van der Waals surface area contributed by atoms with Crippen LogP contribution < -0.4 is 16.0 Å². The summed E-state index contributed by atoms with van der Waals surface area (Å²) in [5.41, 5.74) is 2.47. The first-order chi connectivity index (χ1) is 14.1. The van der Waals surface area contributed by atoms with E-state index in [1.165, 1.54) is 6.92 Å². The van der Waals surface area contributed by atoms with Crippen LogP contribution in [0.15, 0.2) is 60.7 Å². The Morgan fingerprint density at radius 3 is 2.48 bits per heavy atom. The first kappa shape index (κ1) is 20.3. The van der Waals surface area contributed by atoms with Crippen LogP contribution in [-0.2, 0) is 9.53 Å². The predicted octanol–water partition coefficient (Wildman–Crippen LogP) is 4.29.